The molecule has 1 amide bonds. The van der Waals surface area contributed by atoms with Gasteiger partial charge in [0.15, 0.2) is 0 Å². The zero-order chi connectivity index (χ0) is 17.9. The third-order valence-corrected chi connectivity index (χ3v) is 4.19. The highest BCUT2D eigenvalue weighted by atomic mass is 19.1. The van der Waals surface area contributed by atoms with Crippen molar-refractivity contribution in [3.8, 4) is 11.3 Å². The standard InChI is InChI=1S/C21H16FN3O/c22-18-9-5-4-8-17(18)13-23-21(26)16-10-11-25-14-19(24-20(25)12-16)15-6-2-1-3-7-15/h1-12,14H,13H2,(H,23,26). The number of nitrogens with one attached hydrogen (secondary N) is 1. The maximum atomic E-state index is 13.7. The Morgan fingerprint density at radius 2 is 1.81 bits per heavy atom. The van der Waals surface area contributed by atoms with Crippen molar-refractivity contribution in [1.29, 1.82) is 0 Å². The second-order valence-corrected chi connectivity index (χ2v) is 5.95. The van der Waals surface area contributed by atoms with E-state index in [0.717, 1.165) is 11.3 Å². The number of hydrogen-bond acceptors (Lipinski definition) is 2. The van der Waals surface area contributed by atoms with E-state index in [9.17, 15) is 9.18 Å². The van der Waals surface area contributed by atoms with Crippen LogP contribution < -0.4 is 5.32 Å². The molecule has 0 spiro atoms. The maximum absolute atomic E-state index is 13.7. The van der Waals surface area contributed by atoms with Crippen LogP contribution in [-0.2, 0) is 6.54 Å². The molecule has 4 aromatic rings. The number of nitrogens with zero attached hydrogens (tertiary/aromatic N) is 2. The lowest BCUT2D eigenvalue weighted by Crippen LogP contribution is -2.23. The fraction of sp³-hybridized carbons (Fsp3) is 0.0476. The van der Waals surface area contributed by atoms with Gasteiger partial charge in [-0.25, -0.2) is 9.37 Å². The van der Waals surface area contributed by atoms with Crippen molar-refractivity contribution in [3.05, 3.63) is 96.1 Å². The minimum Gasteiger partial charge on any atom is -0.348 e. The Morgan fingerprint density at radius 3 is 2.62 bits per heavy atom. The number of amides is 1. The Kier molecular flexibility index (Phi) is 4.19. The number of aromatic nitrogens is 2. The van der Waals surface area contributed by atoms with Gasteiger partial charge >= 0.3 is 0 Å². The van der Waals surface area contributed by atoms with E-state index in [1.165, 1.54) is 6.07 Å². The summed E-state index contributed by atoms with van der Waals surface area (Å²) in [7, 11) is 0. The normalized spacial score (nSPS) is 10.8. The lowest BCUT2D eigenvalue weighted by Gasteiger charge is -2.06. The summed E-state index contributed by atoms with van der Waals surface area (Å²) in [5, 5.41) is 2.74. The number of fused-ring (bicyclic) bond motifs is 1. The fourth-order valence-corrected chi connectivity index (χ4v) is 2.79. The minimum atomic E-state index is -0.330. The molecule has 0 aliphatic heterocycles. The fourth-order valence-electron chi connectivity index (χ4n) is 2.79. The average Bonchev–Trinajstić information content (AvgIpc) is 3.11. The zero-order valence-electron chi connectivity index (χ0n) is 13.9. The van der Waals surface area contributed by atoms with Gasteiger partial charge in [0.1, 0.15) is 11.5 Å². The number of pyridine rings is 1. The molecule has 0 aliphatic rings. The third kappa shape index (κ3) is 3.19. The molecule has 4 rings (SSSR count). The van der Waals surface area contributed by atoms with Crippen molar-refractivity contribution >= 4 is 11.6 Å². The molecule has 0 aliphatic carbocycles. The molecule has 5 heteroatoms. The first-order chi connectivity index (χ1) is 12.7. The van der Waals surface area contributed by atoms with Gasteiger partial charge in [-0.05, 0) is 18.2 Å². The number of rotatable bonds is 4. The Balaban J connectivity index is 1.55. The first kappa shape index (κ1) is 16.0. The van der Waals surface area contributed by atoms with Crippen LogP contribution >= 0.6 is 0 Å². The lowest BCUT2D eigenvalue weighted by molar-refractivity contribution is 0.0950. The van der Waals surface area contributed by atoms with E-state index in [-0.39, 0.29) is 18.3 Å². The first-order valence-corrected chi connectivity index (χ1v) is 8.26. The van der Waals surface area contributed by atoms with Crippen molar-refractivity contribution in [2.45, 2.75) is 6.54 Å². The van der Waals surface area contributed by atoms with Crippen molar-refractivity contribution < 1.29 is 9.18 Å². The Morgan fingerprint density at radius 1 is 1.04 bits per heavy atom. The number of halogens is 1. The van der Waals surface area contributed by atoms with E-state index >= 15 is 0 Å². The van der Waals surface area contributed by atoms with E-state index in [4.69, 9.17) is 0 Å². The third-order valence-electron chi connectivity index (χ3n) is 4.19. The minimum absolute atomic E-state index is 0.139. The maximum Gasteiger partial charge on any atom is 0.251 e. The predicted molar refractivity (Wildman–Crippen MR) is 98.2 cm³/mol. The van der Waals surface area contributed by atoms with Gasteiger partial charge in [-0.1, -0.05) is 48.5 Å². The summed E-state index contributed by atoms with van der Waals surface area (Å²) in [6.45, 7) is 0.139. The summed E-state index contributed by atoms with van der Waals surface area (Å²) in [5.74, 6) is -0.593. The topological polar surface area (TPSA) is 46.4 Å². The number of carbonyl (C=O) groups is 1. The van der Waals surface area contributed by atoms with Crippen LogP contribution in [0.3, 0.4) is 0 Å². The monoisotopic (exact) mass is 345 g/mol. The molecule has 1 N–H and O–H groups in total. The molecule has 4 nitrogen and oxygen atoms in total. The largest absolute Gasteiger partial charge is 0.348 e. The van der Waals surface area contributed by atoms with Crippen molar-refractivity contribution in [3.63, 3.8) is 0 Å². The van der Waals surface area contributed by atoms with Crippen LogP contribution in [0.4, 0.5) is 4.39 Å². The summed E-state index contributed by atoms with van der Waals surface area (Å²) >= 11 is 0. The van der Waals surface area contributed by atoms with Crippen LogP contribution in [-0.4, -0.2) is 15.3 Å². The molecular weight excluding hydrogens is 329 g/mol. The summed E-state index contributed by atoms with van der Waals surface area (Å²) in [6, 6.07) is 19.7. The second kappa shape index (κ2) is 6.80. The molecule has 0 saturated heterocycles. The molecule has 2 aromatic carbocycles. The molecule has 26 heavy (non-hydrogen) atoms. The SMILES string of the molecule is O=C(NCc1ccccc1F)c1ccn2cc(-c3ccccc3)nc2c1. The highest BCUT2D eigenvalue weighted by Gasteiger charge is 2.10. The molecule has 0 atom stereocenters. The van der Waals surface area contributed by atoms with Gasteiger partial charge in [-0.2, -0.15) is 0 Å². The van der Waals surface area contributed by atoms with E-state index in [1.54, 1.807) is 36.5 Å². The van der Waals surface area contributed by atoms with Gasteiger partial charge in [0, 0.05) is 35.6 Å². The molecule has 2 heterocycles. The van der Waals surface area contributed by atoms with Crippen LogP contribution in [0.25, 0.3) is 16.9 Å². The van der Waals surface area contributed by atoms with Gasteiger partial charge in [0.25, 0.3) is 5.91 Å². The van der Waals surface area contributed by atoms with E-state index in [2.05, 4.69) is 10.3 Å². The van der Waals surface area contributed by atoms with E-state index < -0.39 is 0 Å². The molecule has 128 valence electrons. The van der Waals surface area contributed by atoms with Crippen LogP contribution in [0, 0.1) is 5.82 Å². The molecular formula is C21H16FN3O. The highest BCUT2D eigenvalue weighted by Crippen LogP contribution is 2.19. The van der Waals surface area contributed by atoms with Crippen molar-refractivity contribution in [2.75, 3.05) is 0 Å². The number of benzene rings is 2. The second-order valence-electron chi connectivity index (χ2n) is 5.95. The quantitative estimate of drug-likeness (QED) is 0.606. The summed E-state index contributed by atoms with van der Waals surface area (Å²) in [5.41, 5.74) is 3.48. The molecule has 0 fully saturated rings. The summed E-state index contributed by atoms with van der Waals surface area (Å²) in [4.78, 5) is 17.0. The number of carbonyl (C=O) groups excluding carboxylic acids is 1. The van der Waals surface area contributed by atoms with Crippen LogP contribution in [0.1, 0.15) is 15.9 Å². The molecule has 0 unspecified atom stereocenters. The van der Waals surface area contributed by atoms with Crippen LogP contribution in [0.2, 0.25) is 0 Å². The lowest BCUT2D eigenvalue weighted by atomic mass is 10.2. The van der Waals surface area contributed by atoms with E-state index in [0.29, 0.717) is 16.8 Å². The Hall–Kier alpha value is -3.47. The van der Waals surface area contributed by atoms with Crippen molar-refractivity contribution in [2.24, 2.45) is 0 Å². The van der Waals surface area contributed by atoms with Gasteiger partial charge < -0.3 is 9.72 Å². The zero-order valence-corrected chi connectivity index (χ0v) is 13.9. The Labute approximate surface area is 149 Å². The molecule has 0 bridgehead atoms. The highest BCUT2D eigenvalue weighted by molar-refractivity contribution is 5.95. The Bertz CT molecular complexity index is 1070. The van der Waals surface area contributed by atoms with Gasteiger partial charge in [0.2, 0.25) is 0 Å². The summed E-state index contributed by atoms with van der Waals surface area (Å²) in [6.07, 6.45) is 3.72. The smallest absolute Gasteiger partial charge is 0.251 e. The number of hydrogen-bond donors (Lipinski definition) is 1. The van der Waals surface area contributed by atoms with Gasteiger partial charge in [0.05, 0.1) is 5.69 Å². The van der Waals surface area contributed by atoms with Crippen LogP contribution in [0.15, 0.2) is 79.1 Å². The van der Waals surface area contributed by atoms with Gasteiger partial charge in [-0.15, -0.1) is 0 Å². The first-order valence-electron chi connectivity index (χ1n) is 8.26. The average molecular weight is 345 g/mol. The van der Waals surface area contributed by atoms with Crippen molar-refractivity contribution in [1.82, 2.24) is 14.7 Å². The summed E-state index contributed by atoms with van der Waals surface area (Å²) < 4.78 is 15.5. The van der Waals surface area contributed by atoms with Crippen LogP contribution in [0.5, 0.6) is 0 Å². The van der Waals surface area contributed by atoms with E-state index in [1.807, 2.05) is 40.9 Å². The number of imidazole rings is 1. The molecule has 0 saturated carbocycles. The molecule has 0 radical (unpaired) electrons. The molecule has 2 aromatic heterocycles. The predicted octanol–water partition coefficient (Wildman–Crippen LogP) is 4.07. The van der Waals surface area contributed by atoms with Gasteiger partial charge in [-0.3, -0.25) is 4.79 Å².